The zero-order chi connectivity index (χ0) is 16.4. The molecule has 1 aromatic carbocycles. The average molecular weight is 327 g/mol. The number of hydrogen-bond donors (Lipinski definition) is 3. The Kier molecular flexibility index (Phi) is 4.18. The van der Waals surface area contributed by atoms with Crippen LogP contribution in [0.25, 0.3) is 0 Å². The van der Waals surface area contributed by atoms with E-state index in [0.717, 1.165) is 35.9 Å². The first-order valence-electron chi connectivity index (χ1n) is 8.27. The Morgan fingerprint density at radius 3 is 2.75 bits per heavy atom. The number of anilines is 4. The molecule has 0 aliphatic carbocycles. The van der Waals surface area contributed by atoms with Gasteiger partial charge in [-0.2, -0.15) is 9.97 Å². The SMILES string of the molecule is OCCNc1nc(NC2COC2)c2c(n1)N(c1ccccc1)CC2. The van der Waals surface area contributed by atoms with Gasteiger partial charge >= 0.3 is 0 Å². The molecule has 2 aromatic rings. The molecule has 1 fully saturated rings. The second kappa shape index (κ2) is 6.62. The fraction of sp³-hybridized carbons (Fsp3) is 0.412. The van der Waals surface area contributed by atoms with Gasteiger partial charge in [0.2, 0.25) is 5.95 Å². The van der Waals surface area contributed by atoms with Crippen LogP contribution in [0.2, 0.25) is 0 Å². The molecule has 0 bridgehead atoms. The molecule has 0 saturated carbocycles. The lowest BCUT2D eigenvalue weighted by Gasteiger charge is -2.28. The molecule has 1 aromatic heterocycles. The standard InChI is InChI=1S/C17H21N5O2/c23-9-7-18-17-20-15(19-12-10-24-11-12)14-6-8-22(16(14)21-17)13-4-2-1-3-5-13/h1-5,12,23H,6-11H2,(H2,18,19,20,21). The van der Waals surface area contributed by atoms with Crippen molar-refractivity contribution < 1.29 is 9.84 Å². The highest BCUT2D eigenvalue weighted by Crippen LogP contribution is 2.37. The largest absolute Gasteiger partial charge is 0.395 e. The Bertz CT molecular complexity index is 706. The number of aromatic nitrogens is 2. The summed E-state index contributed by atoms with van der Waals surface area (Å²) in [6.45, 7) is 2.77. The van der Waals surface area contributed by atoms with Gasteiger partial charge in [-0.15, -0.1) is 0 Å². The molecule has 0 amide bonds. The lowest BCUT2D eigenvalue weighted by molar-refractivity contribution is 0.0209. The third kappa shape index (κ3) is 2.88. The maximum Gasteiger partial charge on any atom is 0.226 e. The zero-order valence-electron chi connectivity index (χ0n) is 13.4. The van der Waals surface area contributed by atoms with E-state index in [4.69, 9.17) is 9.84 Å². The molecule has 24 heavy (non-hydrogen) atoms. The van der Waals surface area contributed by atoms with Crippen molar-refractivity contribution in [1.82, 2.24) is 9.97 Å². The number of nitrogens with one attached hydrogen (secondary N) is 2. The van der Waals surface area contributed by atoms with E-state index >= 15 is 0 Å². The summed E-state index contributed by atoms with van der Waals surface area (Å²) in [6.07, 6.45) is 0.903. The number of ether oxygens (including phenoxy) is 1. The van der Waals surface area contributed by atoms with E-state index in [1.807, 2.05) is 18.2 Å². The predicted octanol–water partition coefficient (Wildman–Crippen LogP) is 1.39. The van der Waals surface area contributed by atoms with Crippen LogP contribution in [-0.4, -0.2) is 54.0 Å². The third-order valence-electron chi connectivity index (χ3n) is 4.27. The predicted molar refractivity (Wildman–Crippen MR) is 93.0 cm³/mol. The van der Waals surface area contributed by atoms with Crippen LogP contribution in [-0.2, 0) is 11.2 Å². The summed E-state index contributed by atoms with van der Waals surface area (Å²) >= 11 is 0. The first kappa shape index (κ1) is 15.2. The molecule has 0 radical (unpaired) electrons. The van der Waals surface area contributed by atoms with Crippen LogP contribution in [0.4, 0.5) is 23.3 Å². The minimum absolute atomic E-state index is 0.0437. The molecule has 0 spiro atoms. The Hall–Kier alpha value is -2.38. The molecule has 7 heteroatoms. The fourth-order valence-corrected chi connectivity index (χ4v) is 2.99. The van der Waals surface area contributed by atoms with Gasteiger partial charge in [0.25, 0.3) is 0 Å². The molecule has 0 unspecified atom stereocenters. The normalized spacial score (nSPS) is 16.6. The monoisotopic (exact) mass is 327 g/mol. The maximum absolute atomic E-state index is 9.05. The lowest BCUT2D eigenvalue weighted by Crippen LogP contribution is -2.40. The highest BCUT2D eigenvalue weighted by molar-refractivity contribution is 5.72. The van der Waals surface area contributed by atoms with Gasteiger partial charge in [-0.25, -0.2) is 0 Å². The van der Waals surface area contributed by atoms with Gasteiger partial charge in [-0.1, -0.05) is 18.2 Å². The quantitative estimate of drug-likeness (QED) is 0.739. The summed E-state index contributed by atoms with van der Waals surface area (Å²) in [5.74, 6) is 2.33. The summed E-state index contributed by atoms with van der Waals surface area (Å²) in [4.78, 5) is 11.5. The van der Waals surface area contributed by atoms with E-state index in [0.29, 0.717) is 31.7 Å². The highest BCUT2D eigenvalue weighted by atomic mass is 16.5. The number of hydrogen-bond acceptors (Lipinski definition) is 7. The summed E-state index contributed by atoms with van der Waals surface area (Å²) in [7, 11) is 0. The van der Waals surface area contributed by atoms with Crippen LogP contribution in [0, 0.1) is 0 Å². The van der Waals surface area contributed by atoms with Crippen LogP contribution in [0.3, 0.4) is 0 Å². The van der Waals surface area contributed by atoms with Crippen molar-refractivity contribution in [3.05, 3.63) is 35.9 Å². The second-order valence-corrected chi connectivity index (χ2v) is 5.96. The van der Waals surface area contributed by atoms with Crippen molar-refractivity contribution >= 4 is 23.3 Å². The number of aliphatic hydroxyl groups excluding tert-OH is 1. The number of fused-ring (bicyclic) bond motifs is 1. The molecule has 2 aliphatic rings. The van der Waals surface area contributed by atoms with Crippen molar-refractivity contribution in [2.75, 3.05) is 48.4 Å². The number of aliphatic hydroxyl groups is 1. The summed E-state index contributed by atoms with van der Waals surface area (Å²) in [5, 5.41) is 15.6. The minimum Gasteiger partial charge on any atom is -0.395 e. The van der Waals surface area contributed by atoms with Crippen molar-refractivity contribution in [2.24, 2.45) is 0 Å². The van der Waals surface area contributed by atoms with Gasteiger partial charge in [-0.05, 0) is 18.6 Å². The highest BCUT2D eigenvalue weighted by Gasteiger charge is 2.29. The topological polar surface area (TPSA) is 82.5 Å². The Balaban J connectivity index is 1.69. The number of nitrogens with zero attached hydrogens (tertiary/aromatic N) is 3. The van der Waals surface area contributed by atoms with Crippen LogP contribution in [0.1, 0.15) is 5.56 Å². The van der Waals surface area contributed by atoms with Gasteiger partial charge in [0.15, 0.2) is 0 Å². The summed E-state index contributed by atoms with van der Waals surface area (Å²) in [5.41, 5.74) is 2.27. The molecule has 3 N–H and O–H groups in total. The average Bonchev–Trinajstić information content (AvgIpc) is 3.01. The van der Waals surface area contributed by atoms with Crippen molar-refractivity contribution in [1.29, 1.82) is 0 Å². The third-order valence-corrected chi connectivity index (χ3v) is 4.27. The van der Waals surface area contributed by atoms with Gasteiger partial charge < -0.3 is 25.4 Å². The smallest absolute Gasteiger partial charge is 0.226 e. The van der Waals surface area contributed by atoms with Crippen molar-refractivity contribution in [3.63, 3.8) is 0 Å². The molecule has 1 saturated heterocycles. The number of rotatable bonds is 6. The first-order valence-corrected chi connectivity index (χ1v) is 8.27. The van der Waals surface area contributed by atoms with E-state index in [2.05, 4.69) is 37.6 Å². The maximum atomic E-state index is 9.05. The molecular formula is C17H21N5O2. The van der Waals surface area contributed by atoms with E-state index < -0.39 is 0 Å². The van der Waals surface area contributed by atoms with Crippen LogP contribution in [0.15, 0.2) is 30.3 Å². The van der Waals surface area contributed by atoms with Crippen molar-refractivity contribution in [2.45, 2.75) is 12.5 Å². The number of benzene rings is 1. The molecule has 126 valence electrons. The minimum atomic E-state index is 0.0437. The van der Waals surface area contributed by atoms with Crippen LogP contribution in [0.5, 0.6) is 0 Å². The Labute approximate surface area is 140 Å². The second-order valence-electron chi connectivity index (χ2n) is 5.96. The van der Waals surface area contributed by atoms with Crippen molar-refractivity contribution in [3.8, 4) is 0 Å². The van der Waals surface area contributed by atoms with Crippen LogP contribution >= 0.6 is 0 Å². The van der Waals surface area contributed by atoms with Gasteiger partial charge in [0, 0.05) is 24.3 Å². The van der Waals surface area contributed by atoms with E-state index in [-0.39, 0.29) is 6.61 Å². The molecule has 2 aliphatic heterocycles. The molecule has 3 heterocycles. The Morgan fingerprint density at radius 1 is 1.21 bits per heavy atom. The number of para-hydroxylation sites is 1. The van der Waals surface area contributed by atoms with Gasteiger partial charge in [0.1, 0.15) is 11.6 Å². The summed E-state index contributed by atoms with van der Waals surface area (Å²) in [6, 6.07) is 10.6. The van der Waals surface area contributed by atoms with E-state index in [9.17, 15) is 0 Å². The molecule has 4 rings (SSSR count). The molecule has 7 nitrogen and oxygen atoms in total. The molecule has 0 atom stereocenters. The fourth-order valence-electron chi connectivity index (χ4n) is 2.99. The zero-order valence-corrected chi connectivity index (χ0v) is 13.4. The van der Waals surface area contributed by atoms with E-state index in [1.54, 1.807) is 0 Å². The van der Waals surface area contributed by atoms with Gasteiger partial charge in [0.05, 0.1) is 25.9 Å². The Morgan fingerprint density at radius 2 is 2.04 bits per heavy atom. The van der Waals surface area contributed by atoms with Crippen LogP contribution < -0.4 is 15.5 Å². The lowest BCUT2D eigenvalue weighted by atomic mass is 10.2. The summed E-state index contributed by atoms with van der Waals surface area (Å²) < 4.78 is 5.25. The van der Waals surface area contributed by atoms with E-state index in [1.165, 1.54) is 0 Å². The first-order chi connectivity index (χ1) is 11.8. The van der Waals surface area contributed by atoms with Gasteiger partial charge in [-0.3, -0.25) is 0 Å². The molecular weight excluding hydrogens is 306 g/mol.